The second-order valence-electron chi connectivity index (χ2n) is 6.23. The van der Waals surface area contributed by atoms with Crippen LogP contribution in [0.25, 0.3) is 5.69 Å². The molecule has 1 heterocycles. The number of nitriles is 1. The smallest absolute Gasteiger partial charge is 0.240 e. The monoisotopic (exact) mass is 429 g/mol. The third-order valence-corrected chi connectivity index (χ3v) is 5.43. The van der Waals surface area contributed by atoms with Gasteiger partial charge in [-0.2, -0.15) is 10.4 Å². The largest absolute Gasteiger partial charge is 0.326 e. The van der Waals surface area contributed by atoms with Crippen LogP contribution in [0.4, 0.5) is 5.69 Å². The van der Waals surface area contributed by atoms with Crippen molar-refractivity contribution in [3.8, 4) is 11.8 Å². The molecule has 3 N–H and O–H groups in total. The summed E-state index contributed by atoms with van der Waals surface area (Å²) in [4.78, 5) is 12.1. The van der Waals surface area contributed by atoms with E-state index >= 15 is 0 Å². The highest BCUT2D eigenvalue weighted by molar-refractivity contribution is 7.89. The quantitative estimate of drug-likeness (QED) is 0.643. The molecule has 3 aromatic rings. The maximum absolute atomic E-state index is 12.3. The second-order valence-corrected chi connectivity index (χ2v) is 8.17. The number of halogens is 1. The van der Waals surface area contributed by atoms with Crippen molar-refractivity contribution in [3.63, 3.8) is 0 Å². The summed E-state index contributed by atoms with van der Waals surface area (Å²) >= 11 is 6.06. The van der Waals surface area contributed by atoms with E-state index < -0.39 is 10.0 Å². The third kappa shape index (κ3) is 4.63. The van der Waals surface area contributed by atoms with Crippen LogP contribution in [-0.4, -0.2) is 24.1 Å². The van der Waals surface area contributed by atoms with Gasteiger partial charge in [-0.05, 0) is 36.8 Å². The van der Waals surface area contributed by atoms with Crippen molar-refractivity contribution in [3.05, 3.63) is 70.5 Å². The standard InChI is InChI=1S/C19H16ClN5O3S/c1-12-14(10-21)11-25(24-12)17-7-6-15(9-18(17)29(22,27)28)23-19(26)8-13-4-2-3-5-16(13)20/h2-7,9,11H,8H2,1H3,(H,23,26)(H2,22,27,28). The maximum Gasteiger partial charge on any atom is 0.240 e. The lowest BCUT2D eigenvalue weighted by Crippen LogP contribution is -2.18. The summed E-state index contributed by atoms with van der Waals surface area (Å²) in [5, 5.41) is 21.7. The number of carbonyl (C=O) groups excluding carboxylic acids is 1. The van der Waals surface area contributed by atoms with E-state index in [2.05, 4.69) is 10.4 Å². The molecule has 0 aliphatic heterocycles. The van der Waals surface area contributed by atoms with E-state index in [0.29, 0.717) is 21.8 Å². The Labute approximate surface area is 172 Å². The molecule has 8 nitrogen and oxygen atoms in total. The number of aryl methyl sites for hydroxylation is 1. The molecule has 0 atom stereocenters. The fraction of sp³-hybridized carbons (Fsp3) is 0.105. The number of rotatable bonds is 5. The molecule has 0 fully saturated rings. The van der Waals surface area contributed by atoms with Crippen molar-refractivity contribution < 1.29 is 13.2 Å². The summed E-state index contributed by atoms with van der Waals surface area (Å²) < 4.78 is 25.5. The molecule has 0 saturated carbocycles. The van der Waals surface area contributed by atoms with E-state index in [1.54, 1.807) is 31.2 Å². The van der Waals surface area contributed by atoms with Gasteiger partial charge in [-0.15, -0.1) is 0 Å². The Morgan fingerprint density at radius 1 is 1.31 bits per heavy atom. The van der Waals surface area contributed by atoms with Crippen LogP contribution in [0.5, 0.6) is 0 Å². The lowest BCUT2D eigenvalue weighted by molar-refractivity contribution is -0.115. The summed E-state index contributed by atoms with van der Waals surface area (Å²) in [6.45, 7) is 1.63. The van der Waals surface area contributed by atoms with Crippen LogP contribution in [-0.2, 0) is 21.2 Å². The molecule has 2 aromatic carbocycles. The van der Waals surface area contributed by atoms with Crippen molar-refractivity contribution in [2.24, 2.45) is 5.14 Å². The summed E-state index contributed by atoms with van der Waals surface area (Å²) in [7, 11) is -4.13. The van der Waals surface area contributed by atoms with Crippen LogP contribution in [0.2, 0.25) is 5.02 Å². The molecule has 0 bridgehead atoms. The van der Waals surface area contributed by atoms with Gasteiger partial charge in [-0.1, -0.05) is 29.8 Å². The molecule has 1 aromatic heterocycles. The lowest BCUT2D eigenvalue weighted by Gasteiger charge is -2.12. The van der Waals surface area contributed by atoms with E-state index in [9.17, 15) is 13.2 Å². The minimum Gasteiger partial charge on any atom is -0.326 e. The van der Waals surface area contributed by atoms with Crippen LogP contribution < -0.4 is 10.5 Å². The van der Waals surface area contributed by atoms with E-state index in [4.69, 9.17) is 22.0 Å². The molecule has 0 radical (unpaired) electrons. The lowest BCUT2D eigenvalue weighted by atomic mass is 10.1. The number of aromatic nitrogens is 2. The Balaban J connectivity index is 1.93. The summed E-state index contributed by atoms with van der Waals surface area (Å²) in [5.74, 6) is -0.368. The Hall–Kier alpha value is -3.19. The van der Waals surface area contributed by atoms with Gasteiger partial charge in [0.1, 0.15) is 11.0 Å². The average Bonchev–Trinajstić information content (AvgIpc) is 3.03. The second kappa shape index (κ2) is 8.05. The fourth-order valence-electron chi connectivity index (χ4n) is 2.72. The normalized spacial score (nSPS) is 11.1. The van der Waals surface area contributed by atoms with Gasteiger partial charge in [0.25, 0.3) is 0 Å². The zero-order valence-corrected chi connectivity index (χ0v) is 16.8. The molecule has 29 heavy (non-hydrogen) atoms. The first-order valence-electron chi connectivity index (χ1n) is 8.36. The molecule has 148 valence electrons. The number of hydrogen-bond donors (Lipinski definition) is 2. The van der Waals surface area contributed by atoms with Crippen LogP contribution in [0.15, 0.2) is 53.6 Å². The van der Waals surface area contributed by atoms with E-state index in [1.165, 1.54) is 29.1 Å². The van der Waals surface area contributed by atoms with Crippen LogP contribution in [0, 0.1) is 18.3 Å². The molecule has 1 amide bonds. The molecule has 3 rings (SSSR count). The molecule has 0 spiro atoms. The zero-order valence-electron chi connectivity index (χ0n) is 15.3. The van der Waals surface area contributed by atoms with Gasteiger partial charge in [-0.3, -0.25) is 4.79 Å². The summed E-state index contributed by atoms with van der Waals surface area (Å²) in [5.41, 5.74) is 1.82. The molecule has 10 heteroatoms. The van der Waals surface area contributed by atoms with Gasteiger partial charge >= 0.3 is 0 Å². The number of anilines is 1. The number of sulfonamides is 1. The fourth-order valence-corrected chi connectivity index (χ4v) is 3.67. The van der Waals surface area contributed by atoms with Crippen molar-refractivity contribution >= 4 is 33.2 Å². The Morgan fingerprint density at radius 3 is 2.66 bits per heavy atom. The molecule has 0 aliphatic rings. The number of nitrogens with zero attached hydrogens (tertiary/aromatic N) is 3. The van der Waals surface area contributed by atoms with Crippen molar-refractivity contribution in [2.45, 2.75) is 18.2 Å². The predicted molar refractivity (Wildman–Crippen MR) is 108 cm³/mol. The first kappa shape index (κ1) is 20.5. The molecular formula is C19H16ClN5O3S. The van der Waals surface area contributed by atoms with Gasteiger partial charge in [0, 0.05) is 16.9 Å². The number of nitrogens with one attached hydrogen (secondary N) is 1. The minimum atomic E-state index is -4.13. The van der Waals surface area contributed by atoms with Crippen molar-refractivity contribution in [2.75, 3.05) is 5.32 Å². The topological polar surface area (TPSA) is 131 Å². The summed E-state index contributed by atoms with van der Waals surface area (Å²) in [6.07, 6.45) is 1.44. The van der Waals surface area contributed by atoms with Crippen LogP contribution in [0.3, 0.4) is 0 Å². The van der Waals surface area contributed by atoms with Gasteiger partial charge in [-0.25, -0.2) is 18.2 Å². The first-order valence-corrected chi connectivity index (χ1v) is 10.3. The maximum atomic E-state index is 12.3. The number of benzene rings is 2. The van der Waals surface area contributed by atoms with Crippen molar-refractivity contribution in [1.82, 2.24) is 9.78 Å². The number of hydrogen-bond acceptors (Lipinski definition) is 5. The molecule has 0 aliphatic carbocycles. The highest BCUT2D eigenvalue weighted by Gasteiger charge is 2.19. The summed E-state index contributed by atoms with van der Waals surface area (Å²) in [6, 6.07) is 13.1. The molecule has 0 saturated heterocycles. The van der Waals surface area contributed by atoms with Gasteiger partial charge in [0.2, 0.25) is 15.9 Å². The molecule has 0 unspecified atom stereocenters. The van der Waals surface area contributed by atoms with Gasteiger partial charge in [0.15, 0.2) is 0 Å². The first-order chi connectivity index (χ1) is 13.7. The minimum absolute atomic E-state index is 0.0238. The van der Waals surface area contributed by atoms with E-state index in [-0.39, 0.29) is 28.6 Å². The Bertz CT molecular complexity index is 1240. The highest BCUT2D eigenvalue weighted by Crippen LogP contribution is 2.24. The Kier molecular flexibility index (Phi) is 5.70. The van der Waals surface area contributed by atoms with E-state index in [1.807, 2.05) is 6.07 Å². The Morgan fingerprint density at radius 2 is 2.03 bits per heavy atom. The van der Waals surface area contributed by atoms with Gasteiger partial charge in [0.05, 0.1) is 23.4 Å². The predicted octanol–water partition coefficient (Wildman–Crippen LogP) is 2.53. The zero-order chi connectivity index (χ0) is 21.2. The number of nitrogens with two attached hydrogens (primary N) is 1. The van der Waals surface area contributed by atoms with Crippen LogP contribution in [0.1, 0.15) is 16.8 Å². The average molecular weight is 430 g/mol. The number of amides is 1. The highest BCUT2D eigenvalue weighted by atomic mass is 35.5. The molecular weight excluding hydrogens is 414 g/mol. The number of carbonyl (C=O) groups is 1. The van der Waals surface area contributed by atoms with Crippen molar-refractivity contribution in [1.29, 1.82) is 5.26 Å². The third-order valence-electron chi connectivity index (χ3n) is 4.13. The SMILES string of the molecule is Cc1nn(-c2ccc(NC(=O)Cc3ccccc3Cl)cc2S(N)(=O)=O)cc1C#N. The van der Waals surface area contributed by atoms with Crippen LogP contribution >= 0.6 is 11.6 Å². The van der Waals surface area contributed by atoms with Gasteiger partial charge < -0.3 is 5.32 Å². The van der Waals surface area contributed by atoms with E-state index in [0.717, 1.165) is 0 Å². The number of primary sulfonamides is 1.